The molecular formula is C21H36IN5O2. The van der Waals surface area contributed by atoms with Crippen molar-refractivity contribution in [3.05, 3.63) is 35.4 Å². The molecule has 0 radical (unpaired) electrons. The van der Waals surface area contributed by atoms with Crippen LogP contribution in [-0.2, 0) is 17.8 Å². The number of nitrogens with one attached hydrogen (secondary N) is 2. The Hall–Kier alpha value is -1.55. The molecule has 0 atom stereocenters. The summed E-state index contributed by atoms with van der Waals surface area (Å²) in [5.74, 6) is 0.797. The number of guanidine groups is 1. The summed E-state index contributed by atoms with van der Waals surface area (Å²) >= 11 is 0. The fourth-order valence-corrected chi connectivity index (χ4v) is 3.26. The van der Waals surface area contributed by atoms with Crippen LogP contribution in [0, 0.1) is 0 Å². The molecule has 0 bridgehead atoms. The Morgan fingerprint density at radius 2 is 1.97 bits per heavy atom. The van der Waals surface area contributed by atoms with Crippen LogP contribution in [0.15, 0.2) is 29.3 Å². The van der Waals surface area contributed by atoms with Gasteiger partial charge < -0.3 is 25.2 Å². The minimum atomic E-state index is -0.211. The van der Waals surface area contributed by atoms with E-state index in [4.69, 9.17) is 4.74 Å². The van der Waals surface area contributed by atoms with Gasteiger partial charge in [-0.25, -0.2) is 4.79 Å². The largest absolute Gasteiger partial charge is 0.450 e. The van der Waals surface area contributed by atoms with E-state index >= 15 is 0 Å². The summed E-state index contributed by atoms with van der Waals surface area (Å²) in [6, 6.07) is 8.95. The number of amides is 1. The molecule has 1 fully saturated rings. The summed E-state index contributed by atoms with van der Waals surface area (Å²) in [5, 5.41) is 6.88. The van der Waals surface area contributed by atoms with Crippen LogP contribution in [0.5, 0.6) is 0 Å². The fourth-order valence-electron chi connectivity index (χ4n) is 3.26. The van der Waals surface area contributed by atoms with Crippen molar-refractivity contribution in [2.75, 3.05) is 40.3 Å². The molecule has 0 aromatic heterocycles. The number of carbonyl (C=O) groups is 1. The van der Waals surface area contributed by atoms with Crippen LogP contribution in [-0.4, -0.2) is 68.2 Å². The summed E-state index contributed by atoms with van der Waals surface area (Å²) in [7, 11) is 3.92. The number of ether oxygens (including phenoxy) is 1. The lowest BCUT2D eigenvalue weighted by Crippen LogP contribution is -2.49. The van der Waals surface area contributed by atoms with E-state index in [1.54, 1.807) is 11.9 Å². The van der Waals surface area contributed by atoms with E-state index < -0.39 is 0 Å². The number of piperidine rings is 1. The van der Waals surface area contributed by atoms with Gasteiger partial charge in [0.2, 0.25) is 0 Å². The maximum Gasteiger partial charge on any atom is 0.409 e. The Kier molecular flexibility index (Phi) is 12.0. The molecule has 1 aliphatic rings. The zero-order valence-electron chi connectivity index (χ0n) is 18.1. The average molecular weight is 517 g/mol. The molecule has 0 aliphatic carbocycles. The van der Waals surface area contributed by atoms with Gasteiger partial charge in [-0.1, -0.05) is 31.2 Å². The van der Waals surface area contributed by atoms with Gasteiger partial charge in [0.15, 0.2) is 5.96 Å². The predicted molar refractivity (Wildman–Crippen MR) is 129 cm³/mol. The first kappa shape index (κ1) is 25.5. The number of hydrogen-bond donors (Lipinski definition) is 2. The van der Waals surface area contributed by atoms with Crippen molar-refractivity contribution in [2.24, 2.45) is 4.99 Å². The van der Waals surface area contributed by atoms with Gasteiger partial charge in [0, 0.05) is 39.3 Å². The van der Waals surface area contributed by atoms with Crippen LogP contribution in [0.2, 0.25) is 0 Å². The average Bonchev–Trinajstić information content (AvgIpc) is 2.72. The van der Waals surface area contributed by atoms with E-state index in [0.29, 0.717) is 25.7 Å². The minimum absolute atomic E-state index is 0. The fraction of sp³-hybridized carbons (Fsp3) is 0.619. The highest BCUT2D eigenvalue weighted by Crippen LogP contribution is 2.12. The highest BCUT2D eigenvalue weighted by molar-refractivity contribution is 14.0. The summed E-state index contributed by atoms with van der Waals surface area (Å²) in [6.45, 7) is 8.55. The topological polar surface area (TPSA) is 69.2 Å². The maximum absolute atomic E-state index is 11.8. The van der Waals surface area contributed by atoms with Crippen LogP contribution in [0.3, 0.4) is 0 Å². The molecule has 0 unspecified atom stereocenters. The Bertz CT molecular complexity index is 648. The first-order chi connectivity index (χ1) is 13.5. The second kappa shape index (κ2) is 13.6. The van der Waals surface area contributed by atoms with Gasteiger partial charge in [-0.2, -0.15) is 0 Å². The zero-order chi connectivity index (χ0) is 20.4. The van der Waals surface area contributed by atoms with Crippen LogP contribution in [0.25, 0.3) is 0 Å². The van der Waals surface area contributed by atoms with Crippen molar-refractivity contribution < 1.29 is 9.53 Å². The number of benzene rings is 1. The molecule has 7 nitrogen and oxygen atoms in total. The lowest BCUT2D eigenvalue weighted by Gasteiger charge is -2.32. The van der Waals surface area contributed by atoms with Crippen molar-refractivity contribution in [3.8, 4) is 0 Å². The molecule has 164 valence electrons. The molecular weight excluding hydrogens is 481 g/mol. The Morgan fingerprint density at radius 3 is 2.59 bits per heavy atom. The summed E-state index contributed by atoms with van der Waals surface area (Å²) < 4.78 is 5.07. The van der Waals surface area contributed by atoms with Crippen molar-refractivity contribution in [1.29, 1.82) is 0 Å². The van der Waals surface area contributed by atoms with Crippen molar-refractivity contribution in [3.63, 3.8) is 0 Å². The third-order valence-corrected chi connectivity index (χ3v) is 5.03. The molecule has 1 saturated heterocycles. The van der Waals surface area contributed by atoms with Gasteiger partial charge in [-0.05, 0) is 44.5 Å². The monoisotopic (exact) mass is 517 g/mol. The van der Waals surface area contributed by atoms with E-state index in [9.17, 15) is 4.79 Å². The Labute approximate surface area is 192 Å². The van der Waals surface area contributed by atoms with E-state index in [2.05, 4.69) is 58.8 Å². The Morgan fingerprint density at radius 1 is 1.28 bits per heavy atom. The smallest absolute Gasteiger partial charge is 0.409 e. The maximum atomic E-state index is 11.8. The first-order valence-electron chi connectivity index (χ1n) is 10.2. The highest BCUT2D eigenvalue weighted by Gasteiger charge is 2.23. The van der Waals surface area contributed by atoms with Gasteiger partial charge in [-0.15, -0.1) is 24.0 Å². The van der Waals surface area contributed by atoms with E-state index in [1.807, 2.05) is 6.92 Å². The number of rotatable bonds is 7. The van der Waals surface area contributed by atoms with Crippen molar-refractivity contribution >= 4 is 36.0 Å². The second-order valence-electron chi connectivity index (χ2n) is 7.18. The van der Waals surface area contributed by atoms with E-state index in [-0.39, 0.29) is 30.1 Å². The van der Waals surface area contributed by atoms with Crippen LogP contribution in [0.4, 0.5) is 4.79 Å². The van der Waals surface area contributed by atoms with Crippen LogP contribution < -0.4 is 10.6 Å². The Balaban J connectivity index is 0.00000420. The van der Waals surface area contributed by atoms with Crippen molar-refractivity contribution in [2.45, 2.75) is 45.8 Å². The lowest BCUT2D eigenvalue weighted by atomic mass is 10.1. The molecule has 8 heteroatoms. The quantitative estimate of drug-likeness (QED) is 0.331. The molecule has 2 rings (SSSR count). The predicted octanol–water partition coefficient (Wildman–Crippen LogP) is 3.04. The number of aliphatic imine (C=N–C) groups is 1. The van der Waals surface area contributed by atoms with Crippen molar-refractivity contribution in [1.82, 2.24) is 20.4 Å². The third-order valence-electron chi connectivity index (χ3n) is 5.03. The summed E-state index contributed by atoms with van der Waals surface area (Å²) in [6.07, 6.45) is 1.56. The summed E-state index contributed by atoms with van der Waals surface area (Å²) in [5.41, 5.74) is 2.56. The SMILES string of the molecule is CCOC(=O)N1CCC(NC(=NC)NCc2cccc(CN(C)CC)c2)CC1.I. The molecule has 1 aromatic carbocycles. The summed E-state index contributed by atoms with van der Waals surface area (Å²) in [4.78, 5) is 20.2. The van der Waals surface area contributed by atoms with Gasteiger partial charge in [0.25, 0.3) is 0 Å². The molecule has 1 amide bonds. The lowest BCUT2D eigenvalue weighted by molar-refractivity contribution is 0.0963. The van der Waals surface area contributed by atoms with Crippen LogP contribution >= 0.6 is 24.0 Å². The molecule has 1 aromatic rings. The number of nitrogens with zero attached hydrogens (tertiary/aromatic N) is 3. The molecule has 29 heavy (non-hydrogen) atoms. The van der Waals surface area contributed by atoms with Crippen LogP contribution in [0.1, 0.15) is 37.8 Å². The number of carbonyl (C=O) groups excluding carboxylic acids is 1. The van der Waals surface area contributed by atoms with E-state index in [0.717, 1.165) is 38.4 Å². The molecule has 2 N–H and O–H groups in total. The highest BCUT2D eigenvalue weighted by atomic mass is 127. The molecule has 1 aliphatic heterocycles. The molecule has 0 spiro atoms. The van der Waals surface area contributed by atoms with Gasteiger partial charge in [0.1, 0.15) is 0 Å². The van der Waals surface area contributed by atoms with E-state index in [1.165, 1.54) is 11.1 Å². The molecule has 1 heterocycles. The van der Waals surface area contributed by atoms with Gasteiger partial charge in [0.05, 0.1) is 6.61 Å². The zero-order valence-corrected chi connectivity index (χ0v) is 20.4. The molecule has 0 saturated carbocycles. The van der Waals surface area contributed by atoms with Gasteiger partial charge in [-0.3, -0.25) is 4.99 Å². The first-order valence-corrected chi connectivity index (χ1v) is 10.2. The van der Waals surface area contributed by atoms with Gasteiger partial charge >= 0.3 is 6.09 Å². The normalized spacial score (nSPS) is 15.1. The number of halogens is 1. The third kappa shape index (κ3) is 8.77. The minimum Gasteiger partial charge on any atom is -0.450 e. The number of hydrogen-bond acceptors (Lipinski definition) is 4. The number of likely N-dealkylation sites (tertiary alicyclic amines) is 1. The second-order valence-corrected chi connectivity index (χ2v) is 7.18. The standard InChI is InChI=1S/C21H35N5O2.HI/c1-5-25(4)16-18-9-7-8-17(14-18)15-23-20(22-3)24-19-10-12-26(13-11-19)21(27)28-6-2;/h7-9,14,19H,5-6,10-13,15-16H2,1-4H3,(H2,22,23,24);1H.